The fraction of sp³-hybridized carbons (Fsp3) is 0.421. The van der Waals surface area contributed by atoms with Gasteiger partial charge in [0.25, 0.3) is 5.91 Å². The van der Waals surface area contributed by atoms with Crippen LogP contribution in [0.25, 0.3) is 0 Å². The molecule has 0 radical (unpaired) electrons. The summed E-state index contributed by atoms with van der Waals surface area (Å²) in [6.07, 6.45) is 1.94. The number of furan rings is 1. The SMILES string of the molecule is CN(Cc1cccc(N(C)C)c1)C(=O)c1cc2c(o1)CCCNC2. The lowest BCUT2D eigenvalue weighted by atomic mass is 10.1. The van der Waals surface area contributed by atoms with E-state index in [1.165, 1.54) is 0 Å². The van der Waals surface area contributed by atoms with E-state index in [1.54, 1.807) is 4.90 Å². The number of anilines is 1. The number of rotatable bonds is 4. The van der Waals surface area contributed by atoms with Gasteiger partial charge in [0.05, 0.1) is 0 Å². The highest BCUT2D eigenvalue weighted by molar-refractivity contribution is 5.91. The first kappa shape index (κ1) is 16.6. The molecule has 0 bridgehead atoms. The molecule has 5 heteroatoms. The fourth-order valence-electron chi connectivity index (χ4n) is 3.00. The molecule has 1 aromatic carbocycles. The summed E-state index contributed by atoms with van der Waals surface area (Å²) in [5, 5.41) is 3.35. The van der Waals surface area contributed by atoms with Gasteiger partial charge in [-0.25, -0.2) is 0 Å². The van der Waals surface area contributed by atoms with Gasteiger partial charge in [-0.05, 0) is 36.7 Å². The van der Waals surface area contributed by atoms with E-state index in [9.17, 15) is 4.79 Å². The second-order valence-electron chi connectivity index (χ2n) is 6.56. The summed E-state index contributed by atoms with van der Waals surface area (Å²) in [5.74, 6) is 1.32. The molecule has 2 heterocycles. The molecule has 1 aliphatic heterocycles. The third-order valence-corrected chi connectivity index (χ3v) is 4.37. The second-order valence-corrected chi connectivity index (χ2v) is 6.56. The quantitative estimate of drug-likeness (QED) is 0.938. The molecule has 128 valence electrons. The Hall–Kier alpha value is -2.27. The molecule has 3 rings (SSSR count). The standard InChI is InChI=1S/C19H25N3O2/c1-21(2)16-7-4-6-14(10-16)13-22(3)19(23)18-11-15-12-20-9-5-8-17(15)24-18/h4,6-7,10-11,20H,5,8-9,12-13H2,1-3H3. The normalized spacial score (nSPS) is 14.0. The van der Waals surface area contributed by atoms with Crippen molar-refractivity contribution in [3.8, 4) is 0 Å². The van der Waals surface area contributed by atoms with Gasteiger partial charge in [0.15, 0.2) is 5.76 Å². The first-order valence-electron chi connectivity index (χ1n) is 8.38. The van der Waals surface area contributed by atoms with Gasteiger partial charge in [-0.15, -0.1) is 0 Å². The van der Waals surface area contributed by atoms with E-state index in [0.29, 0.717) is 12.3 Å². The molecule has 5 nitrogen and oxygen atoms in total. The predicted molar refractivity (Wildman–Crippen MR) is 95.3 cm³/mol. The largest absolute Gasteiger partial charge is 0.456 e. The molecule has 0 saturated heterocycles. The lowest BCUT2D eigenvalue weighted by Gasteiger charge is -2.18. The molecule has 1 amide bonds. The van der Waals surface area contributed by atoms with Crippen LogP contribution >= 0.6 is 0 Å². The third kappa shape index (κ3) is 3.62. The highest BCUT2D eigenvalue weighted by Gasteiger charge is 2.21. The molecule has 0 aliphatic carbocycles. The Kier molecular flexibility index (Phi) is 4.90. The predicted octanol–water partition coefficient (Wildman–Crippen LogP) is 2.65. The smallest absolute Gasteiger partial charge is 0.289 e. The van der Waals surface area contributed by atoms with Crippen LogP contribution in [0.5, 0.6) is 0 Å². The lowest BCUT2D eigenvalue weighted by molar-refractivity contribution is 0.0751. The Bertz CT molecular complexity index is 698. The van der Waals surface area contributed by atoms with Gasteiger partial charge < -0.3 is 19.5 Å². The Labute approximate surface area is 143 Å². The maximum absolute atomic E-state index is 12.7. The molecule has 0 unspecified atom stereocenters. The van der Waals surface area contributed by atoms with Gasteiger partial charge >= 0.3 is 0 Å². The van der Waals surface area contributed by atoms with E-state index in [2.05, 4.69) is 22.3 Å². The minimum Gasteiger partial charge on any atom is -0.456 e. The van der Waals surface area contributed by atoms with E-state index in [-0.39, 0.29) is 5.91 Å². The molecule has 1 aromatic heterocycles. The van der Waals surface area contributed by atoms with Crippen LogP contribution in [0.3, 0.4) is 0 Å². The fourth-order valence-corrected chi connectivity index (χ4v) is 3.00. The van der Waals surface area contributed by atoms with Gasteiger partial charge in [-0.1, -0.05) is 12.1 Å². The van der Waals surface area contributed by atoms with Gasteiger partial charge in [0, 0.05) is 51.9 Å². The van der Waals surface area contributed by atoms with Crippen molar-refractivity contribution in [2.75, 3.05) is 32.6 Å². The number of carbonyl (C=O) groups excluding carboxylic acids is 1. The molecule has 0 spiro atoms. The number of amides is 1. The van der Waals surface area contributed by atoms with Crippen LogP contribution in [-0.4, -0.2) is 38.5 Å². The van der Waals surface area contributed by atoms with Crippen LogP contribution in [0.1, 0.15) is 33.9 Å². The van der Waals surface area contributed by atoms with Crippen molar-refractivity contribution >= 4 is 11.6 Å². The summed E-state index contributed by atoms with van der Waals surface area (Å²) >= 11 is 0. The average Bonchev–Trinajstić information content (AvgIpc) is 2.85. The molecule has 24 heavy (non-hydrogen) atoms. The molecule has 2 aromatic rings. The topological polar surface area (TPSA) is 48.7 Å². The summed E-state index contributed by atoms with van der Waals surface area (Å²) in [6, 6.07) is 10.1. The number of hydrogen-bond donors (Lipinski definition) is 1. The van der Waals surface area contributed by atoms with Crippen molar-refractivity contribution in [2.24, 2.45) is 0 Å². The van der Waals surface area contributed by atoms with Crippen molar-refractivity contribution in [3.63, 3.8) is 0 Å². The highest BCUT2D eigenvalue weighted by Crippen LogP contribution is 2.21. The van der Waals surface area contributed by atoms with Crippen LogP contribution < -0.4 is 10.2 Å². The summed E-state index contributed by atoms with van der Waals surface area (Å²) in [6.45, 7) is 2.33. The molecular weight excluding hydrogens is 302 g/mol. The van der Waals surface area contributed by atoms with Crippen LogP contribution in [0.4, 0.5) is 5.69 Å². The maximum atomic E-state index is 12.7. The molecule has 0 saturated carbocycles. The van der Waals surface area contributed by atoms with Crippen LogP contribution in [0, 0.1) is 0 Å². The van der Waals surface area contributed by atoms with E-state index in [1.807, 2.05) is 39.3 Å². The zero-order valence-electron chi connectivity index (χ0n) is 14.6. The Morgan fingerprint density at radius 2 is 2.08 bits per heavy atom. The van der Waals surface area contributed by atoms with Gasteiger partial charge in [-0.2, -0.15) is 0 Å². The minimum absolute atomic E-state index is 0.0710. The van der Waals surface area contributed by atoms with Gasteiger partial charge in [0.2, 0.25) is 0 Å². The Balaban J connectivity index is 1.72. The number of aryl methyl sites for hydroxylation is 1. The minimum atomic E-state index is -0.0710. The molecule has 1 aliphatic rings. The van der Waals surface area contributed by atoms with Crippen molar-refractivity contribution in [3.05, 3.63) is 53.0 Å². The van der Waals surface area contributed by atoms with Crippen LogP contribution in [0.15, 0.2) is 34.7 Å². The Morgan fingerprint density at radius 1 is 1.25 bits per heavy atom. The monoisotopic (exact) mass is 327 g/mol. The van der Waals surface area contributed by atoms with Crippen molar-refractivity contribution in [1.82, 2.24) is 10.2 Å². The third-order valence-electron chi connectivity index (χ3n) is 4.37. The van der Waals surface area contributed by atoms with Crippen LogP contribution in [-0.2, 0) is 19.5 Å². The zero-order valence-corrected chi connectivity index (χ0v) is 14.6. The van der Waals surface area contributed by atoms with Crippen molar-refractivity contribution in [1.29, 1.82) is 0 Å². The van der Waals surface area contributed by atoms with E-state index >= 15 is 0 Å². The zero-order chi connectivity index (χ0) is 17.1. The first-order chi connectivity index (χ1) is 11.5. The number of benzene rings is 1. The summed E-state index contributed by atoms with van der Waals surface area (Å²) in [7, 11) is 5.84. The molecule has 0 fully saturated rings. The van der Waals surface area contributed by atoms with Gasteiger partial charge in [-0.3, -0.25) is 4.79 Å². The van der Waals surface area contributed by atoms with E-state index in [4.69, 9.17) is 4.42 Å². The number of carbonyl (C=O) groups is 1. The number of fused-ring (bicyclic) bond motifs is 1. The lowest BCUT2D eigenvalue weighted by Crippen LogP contribution is -2.26. The Morgan fingerprint density at radius 3 is 2.88 bits per heavy atom. The second kappa shape index (κ2) is 7.09. The number of nitrogens with one attached hydrogen (secondary N) is 1. The van der Waals surface area contributed by atoms with Crippen molar-refractivity contribution < 1.29 is 9.21 Å². The number of nitrogens with zero attached hydrogens (tertiary/aromatic N) is 2. The van der Waals surface area contributed by atoms with E-state index in [0.717, 1.165) is 48.5 Å². The first-order valence-corrected chi connectivity index (χ1v) is 8.38. The number of hydrogen-bond acceptors (Lipinski definition) is 4. The molecule has 0 atom stereocenters. The van der Waals surface area contributed by atoms with Crippen LogP contribution in [0.2, 0.25) is 0 Å². The van der Waals surface area contributed by atoms with Gasteiger partial charge in [0.1, 0.15) is 5.76 Å². The molecular formula is C19H25N3O2. The molecule has 1 N–H and O–H groups in total. The van der Waals surface area contributed by atoms with Crippen molar-refractivity contribution in [2.45, 2.75) is 25.9 Å². The van der Waals surface area contributed by atoms with E-state index < -0.39 is 0 Å². The summed E-state index contributed by atoms with van der Waals surface area (Å²) < 4.78 is 5.83. The summed E-state index contributed by atoms with van der Waals surface area (Å²) in [4.78, 5) is 16.4. The highest BCUT2D eigenvalue weighted by atomic mass is 16.4. The maximum Gasteiger partial charge on any atom is 0.289 e. The summed E-state index contributed by atoms with van der Waals surface area (Å²) in [5.41, 5.74) is 3.34. The average molecular weight is 327 g/mol.